The molecule has 0 N–H and O–H groups in total. The summed E-state index contributed by atoms with van der Waals surface area (Å²) in [5.41, 5.74) is 0.102. The molecule has 0 atom stereocenters. The number of alkyl halides is 6. The first-order valence-corrected chi connectivity index (χ1v) is 11.7. The standard InChI is InChI=1S/2C10H7F3O2.2O.U/c2*11-10(12,13)9(15)6-8(14)7-4-2-1-3-5-7;;;/h2*1-6,14H;;;/q;;;;+2/p-2/b2*8-6-;;;. The minimum absolute atomic E-state index is 0.0509. The molecule has 13 heteroatoms. The van der Waals surface area contributed by atoms with E-state index in [0.717, 1.165) is 0 Å². The predicted molar refractivity (Wildman–Crippen MR) is 92.3 cm³/mol. The van der Waals surface area contributed by atoms with Crippen LogP contribution in [0.4, 0.5) is 26.3 Å². The maximum atomic E-state index is 11.8. The molecule has 2 rings (SSSR count). The average Bonchev–Trinajstić information content (AvgIpc) is 2.74. The Hall–Kier alpha value is -2.91. The summed E-state index contributed by atoms with van der Waals surface area (Å²) in [6, 6.07) is 14.6. The summed E-state index contributed by atoms with van der Waals surface area (Å²) in [6.45, 7) is 0. The normalized spacial score (nSPS) is 11.7. The molecule has 0 aliphatic heterocycles. The third-order valence-corrected chi connectivity index (χ3v) is 3.20. The van der Waals surface area contributed by atoms with Crippen LogP contribution in [-0.2, 0) is 14.1 Å². The van der Waals surface area contributed by atoms with Crippen LogP contribution in [0, 0.1) is 27.8 Å². The van der Waals surface area contributed by atoms with Crippen molar-refractivity contribution in [1.82, 2.24) is 0 Å². The summed E-state index contributed by atoms with van der Waals surface area (Å²) < 4.78 is 87.9. The second kappa shape index (κ2) is 14.3. The van der Waals surface area contributed by atoms with Crippen molar-refractivity contribution in [2.45, 2.75) is 12.4 Å². The zero-order valence-electron chi connectivity index (χ0n) is 16.1. The number of benzene rings is 2. The number of hydrogen-bond donors (Lipinski definition) is 0. The molecule has 0 fully saturated rings. The van der Waals surface area contributed by atoms with E-state index < -0.39 is 63.3 Å². The van der Waals surface area contributed by atoms with Gasteiger partial charge in [-0.05, 0) is 23.3 Å². The van der Waals surface area contributed by atoms with Crippen molar-refractivity contribution in [3.05, 3.63) is 83.9 Å². The summed E-state index contributed by atoms with van der Waals surface area (Å²) >= 11 is -2.51. The summed E-state index contributed by atoms with van der Waals surface area (Å²) in [4.78, 5) is 20.9. The Morgan fingerprint density at radius 1 is 0.636 bits per heavy atom. The monoisotopic (exact) mass is 700 g/mol. The van der Waals surface area contributed by atoms with Crippen LogP contribution >= 0.6 is 0 Å². The van der Waals surface area contributed by atoms with Crippen LogP contribution in [-0.4, -0.2) is 23.9 Å². The molecule has 0 radical (unpaired) electrons. The van der Waals surface area contributed by atoms with E-state index in [9.17, 15) is 46.1 Å². The number of ketones is 2. The molecule has 0 saturated carbocycles. The topological polar surface area (TPSA) is 114 Å². The fourth-order valence-corrected chi connectivity index (χ4v) is 1.77. The van der Waals surface area contributed by atoms with Crippen LogP contribution in [0.1, 0.15) is 11.1 Å². The fraction of sp³-hybridized carbons (Fsp3) is 0.100. The molecule has 33 heavy (non-hydrogen) atoms. The first-order chi connectivity index (χ1) is 15.2. The quantitative estimate of drug-likeness (QED) is 0.276. The van der Waals surface area contributed by atoms with Gasteiger partial charge in [0.05, 0.1) is 0 Å². The van der Waals surface area contributed by atoms with Gasteiger partial charge >= 0.3 is 44.6 Å². The van der Waals surface area contributed by atoms with Crippen molar-refractivity contribution in [2.75, 3.05) is 0 Å². The number of hydrogen-bond acceptors (Lipinski definition) is 6. The molecule has 0 amide bonds. The van der Waals surface area contributed by atoms with Crippen LogP contribution in [0.3, 0.4) is 0 Å². The third-order valence-electron chi connectivity index (χ3n) is 3.20. The molecule has 174 valence electrons. The Morgan fingerprint density at radius 3 is 1.09 bits per heavy atom. The van der Waals surface area contributed by atoms with Crippen LogP contribution in [0.2, 0.25) is 0 Å². The van der Waals surface area contributed by atoms with E-state index in [1.165, 1.54) is 48.5 Å². The van der Waals surface area contributed by atoms with Crippen molar-refractivity contribution >= 4 is 23.1 Å². The average molecular weight is 700 g/mol. The Balaban J connectivity index is 0.000000555. The zero-order valence-corrected chi connectivity index (χ0v) is 20.3. The first-order valence-electron chi connectivity index (χ1n) is 8.33. The molecule has 0 unspecified atom stereocenters. The van der Waals surface area contributed by atoms with E-state index in [4.69, 9.17) is 4.47 Å². The van der Waals surface area contributed by atoms with Gasteiger partial charge in [0.2, 0.25) is 0 Å². The summed E-state index contributed by atoms with van der Waals surface area (Å²) in [6.07, 6.45) is -9.89. The number of halogens is 6. The first kappa shape index (κ1) is 30.1. The van der Waals surface area contributed by atoms with E-state index in [0.29, 0.717) is 0 Å². The van der Waals surface area contributed by atoms with E-state index in [1.807, 2.05) is 0 Å². The van der Waals surface area contributed by atoms with Crippen molar-refractivity contribution in [3.8, 4) is 0 Å². The van der Waals surface area contributed by atoms with Gasteiger partial charge in [0, 0.05) is 0 Å². The Kier molecular flexibility index (Phi) is 13.0. The van der Waals surface area contributed by atoms with Crippen LogP contribution in [0.5, 0.6) is 0 Å². The van der Waals surface area contributed by atoms with Gasteiger partial charge in [-0.1, -0.05) is 72.2 Å². The molecule has 0 aliphatic carbocycles. The summed E-state index contributed by atoms with van der Waals surface area (Å²) in [7, 11) is 0. The van der Waals surface area contributed by atoms with E-state index in [1.54, 1.807) is 12.1 Å². The Bertz CT molecular complexity index is 931. The van der Waals surface area contributed by atoms with Gasteiger partial charge in [-0.25, -0.2) is 0 Å². The second-order valence-corrected chi connectivity index (χ2v) is 6.25. The van der Waals surface area contributed by atoms with E-state index >= 15 is 0 Å². The molecule has 0 aliphatic rings. The number of allylic oxidation sites excluding steroid dienone is 2. The van der Waals surface area contributed by atoms with Crippen LogP contribution in [0.25, 0.3) is 11.5 Å². The maximum absolute atomic E-state index is 11.8. The van der Waals surface area contributed by atoms with E-state index in [2.05, 4.69) is 0 Å². The Labute approximate surface area is 197 Å². The molecular formula is C20H12F6O6U. The van der Waals surface area contributed by atoms with Gasteiger partial charge in [0.15, 0.2) is 0 Å². The van der Waals surface area contributed by atoms with Crippen LogP contribution in [0.15, 0.2) is 72.8 Å². The molecule has 2 aromatic rings. The molecule has 0 heterocycles. The molecule has 6 nitrogen and oxygen atoms in total. The minimum atomic E-state index is -5.00. The summed E-state index contributed by atoms with van der Waals surface area (Å²) in [5.74, 6) is -6.18. The molecular weight excluding hydrogens is 688 g/mol. The van der Waals surface area contributed by atoms with E-state index in [-0.39, 0.29) is 23.3 Å². The van der Waals surface area contributed by atoms with Gasteiger partial charge in [-0.3, -0.25) is 9.59 Å². The van der Waals surface area contributed by atoms with Crippen LogP contribution < -0.4 is 10.2 Å². The number of rotatable bonds is 4. The second-order valence-electron chi connectivity index (χ2n) is 5.56. The Morgan fingerprint density at radius 2 is 0.879 bits per heavy atom. The molecule has 0 spiro atoms. The SMILES string of the molecule is O=C(/C=C(\[O-])c1ccccc1)C(F)(F)F.O=C(/C=C(\[O-])c1ccccc1)C(F)(F)F.[O]=[U+2]=[O]. The van der Waals surface area contributed by atoms with Gasteiger partial charge in [-0.2, -0.15) is 26.3 Å². The van der Waals surface area contributed by atoms with Crippen molar-refractivity contribution in [2.24, 2.45) is 0 Å². The van der Waals surface area contributed by atoms with Gasteiger partial charge in [0.1, 0.15) is 0 Å². The van der Waals surface area contributed by atoms with Gasteiger partial charge < -0.3 is 10.2 Å². The van der Waals surface area contributed by atoms with Crippen molar-refractivity contribution < 1.29 is 78.4 Å². The van der Waals surface area contributed by atoms with Crippen molar-refractivity contribution in [3.63, 3.8) is 0 Å². The summed E-state index contributed by atoms with van der Waals surface area (Å²) in [5, 5.41) is 22.3. The fourth-order valence-electron chi connectivity index (χ4n) is 1.77. The van der Waals surface area contributed by atoms with Gasteiger partial charge in [0.25, 0.3) is 11.6 Å². The van der Waals surface area contributed by atoms with Crippen molar-refractivity contribution in [1.29, 1.82) is 0 Å². The predicted octanol–water partition coefficient (Wildman–Crippen LogP) is 2.80. The molecule has 0 saturated heterocycles. The molecule has 2 aromatic carbocycles. The number of carbonyl (C=O) groups excluding carboxylic acids is 2. The molecule has 0 aromatic heterocycles. The number of carbonyl (C=O) groups is 2. The molecule has 0 bridgehead atoms. The van der Waals surface area contributed by atoms with Gasteiger partial charge in [-0.15, -0.1) is 0 Å². The third kappa shape index (κ3) is 12.6. The zero-order chi connectivity index (χ0) is 25.7.